The zero-order valence-corrected chi connectivity index (χ0v) is 13.2. The number of nitrogens with two attached hydrogens (primary N) is 1. The standard InChI is InChI=1S/C15H19N5O3/c1-9(2)23-15-12(16)13(17-8-18-15)19-20-14(21)10-4-6-11(22-3)7-5-10/h4-9H,16H2,1-3H3,(H,20,21)(H,17,18,19). The number of carbonyl (C=O) groups is 1. The molecule has 4 N–H and O–H groups in total. The number of rotatable bonds is 6. The Hall–Kier alpha value is -3.03. The average molecular weight is 317 g/mol. The number of amides is 1. The number of nitrogens with zero attached hydrogens (tertiary/aromatic N) is 2. The van der Waals surface area contributed by atoms with Crippen LogP contribution in [0.2, 0.25) is 0 Å². The summed E-state index contributed by atoms with van der Waals surface area (Å²) in [4.78, 5) is 20.0. The molecule has 0 saturated heterocycles. The predicted molar refractivity (Wildman–Crippen MR) is 86.3 cm³/mol. The van der Waals surface area contributed by atoms with Gasteiger partial charge in [-0.25, -0.2) is 4.98 Å². The van der Waals surface area contributed by atoms with Gasteiger partial charge in [-0.15, -0.1) is 0 Å². The average Bonchev–Trinajstić information content (AvgIpc) is 2.55. The number of aromatic nitrogens is 2. The lowest BCUT2D eigenvalue weighted by molar-refractivity contribution is 0.0962. The van der Waals surface area contributed by atoms with Crippen LogP contribution in [-0.2, 0) is 0 Å². The number of nitrogen functional groups attached to an aromatic ring is 1. The Balaban J connectivity index is 2.03. The van der Waals surface area contributed by atoms with Crippen molar-refractivity contribution in [2.75, 3.05) is 18.3 Å². The van der Waals surface area contributed by atoms with Gasteiger partial charge in [0.05, 0.1) is 13.2 Å². The van der Waals surface area contributed by atoms with Crippen molar-refractivity contribution in [1.82, 2.24) is 15.4 Å². The molecule has 0 radical (unpaired) electrons. The molecule has 0 atom stereocenters. The van der Waals surface area contributed by atoms with Crippen molar-refractivity contribution in [1.29, 1.82) is 0 Å². The highest BCUT2D eigenvalue weighted by Gasteiger charge is 2.12. The molecule has 0 bridgehead atoms. The monoisotopic (exact) mass is 317 g/mol. The lowest BCUT2D eigenvalue weighted by atomic mass is 10.2. The first kappa shape index (κ1) is 16.3. The first-order chi connectivity index (χ1) is 11.0. The van der Waals surface area contributed by atoms with Crippen LogP contribution in [0.5, 0.6) is 11.6 Å². The van der Waals surface area contributed by atoms with Crippen LogP contribution in [0.25, 0.3) is 0 Å². The van der Waals surface area contributed by atoms with Crippen molar-refractivity contribution in [2.24, 2.45) is 0 Å². The Labute approximate surface area is 134 Å². The number of hydrogen-bond acceptors (Lipinski definition) is 7. The van der Waals surface area contributed by atoms with Crippen LogP contribution in [0.15, 0.2) is 30.6 Å². The molecule has 8 heteroatoms. The second kappa shape index (κ2) is 7.30. The summed E-state index contributed by atoms with van der Waals surface area (Å²) in [6.45, 7) is 3.72. The minimum Gasteiger partial charge on any atom is -0.497 e. The SMILES string of the molecule is COc1ccc(C(=O)NNc2ncnc(OC(C)C)c2N)cc1. The fourth-order valence-electron chi connectivity index (χ4n) is 1.73. The molecule has 0 unspecified atom stereocenters. The molecule has 23 heavy (non-hydrogen) atoms. The van der Waals surface area contributed by atoms with Crippen molar-refractivity contribution >= 4 is 17.4 Å². The van der Waals surface area contributed by atoms with Crippen molar-refractivity contribution in [3.05, 3.63) is 36.2 Å². The van der Waals surface area contributed by atoms with Gasteiger partial charge in [0.15, 0.2) is 5.82 Å². The zero-order valence-electron chi connectivity index (χ0n) is 13.2. The number of methoxy groups -OCH3 is 1. The highest BCUT2D eigenvalue weighted by Crippen LogP contribution is 2.24. The lowest BCUT2D eigenvalue weighted by Gasteiger charge is -2.14. The molecule has 0 saturated carbocycles. The van der Waals surface area contributed by atoms with Gasteiger partial charge in [0.25, 0.3) is 5.91 Å². The number of hydrogen-bond donors (Lipinski definition) is 3. The van der Waals surface area contributed by atoms with Crippen LogP contribution in [0.4, 0.5) is 11.5 Å². The van der Waals surface area contributed by atoms with Crippen LogP contribution in [0, 0.1) is 0 Å². The second-order valence-corrected chi connectivity index (χ2v) is 4.92. The third-order valence-electron chi connectivity index (χ3n) is 2.84. The highest BCUT2D eigenvalue weighted by atomic mass is 16.5. The summed E-state index contributed by atoms with van der Waals surface area (Å²) in [6, 6.07) is 6.68. The maximum absolute atomic E-state index is 12.1. The molecule has 0 fully saturated rings. The number of carbonyl (C=O) groups excluding carboxylic acids is 1. The summed E-state index contributed by atoms with van der Waals surface area (Å²) in [5, 5.41) is 0. The molecule has 1 aromatic heterocycles. The van der Waals surface area contributed by atoms with Gasteiger partial charge in [0.2, 0.25) is 5.88 Å². The van der Waals surface area contributed by atoms with Crippen molar-refractivity contribution in [2.45, 2.75) is 20.0 Å². The van der Waals surface area contributed by atoms with E-state index in [2.05, 4.69) is 20.8 Å². The smallest absolute Gasteiger partial charge is 0.269 e. The molecule has 0 spiro atoms. The molecule has 0 aliphatic heterocycles. The van der Waals surface area contributed by atoms with Gasteiger partial charge in [0, 0.05) is 5.56 Å². The summed E-state index contributed by atoms with van der Waals surface area (Å²) in [7, 11) is 1.56. The van der Waals surface area contributed by atoms with Gasteiger partial charge >= 0.3 is 0 Å². The molecule has 1 heterocycles. The normalized spacial score (nSPS) is 10.3. The van der Waals surface area contributed by atoms with Crippen LogP contribution < -0.4 is 26.1 Å². The number of nitrogens with one attached hydrogen (secondary N) is 2. The van der Waals surface area contributed by atoms with Gasteiger partial charge in [-0.05, 0) is 38.1 Å². The quantitative estimate of drug-likeness (QED) is 0.694. The third kappa shape index (κ3) is 4.22. The maximum Gasteiger partial charge on any atom is 0.269 e. The Morgan fingerprint density at radius 1 is 1.22 bits per heavy atom. The largest absolute Gasteiger partial charge is 0.497 e. The molecular formula is C15H19N5O3. The molecule has 122 valence electrons. The van der Waals surface area contributed by atoms with E-state index in [4.69, 9.17) is 15.2 Å². The molecule has 2 aromatic rings. The van der Waals surface area contributed by atoms with Crippen molar-refractivity contribution < 1.29 is 14.3 Å². The molecule has 2 rings (SSSR count). The Morgan fingerprint density at radius 3 is 2.52 bits per heavy atom. The number of anilines is 2. The van der Waals surface area contributed by atoms with Crippen molar-refractivity contribution in [3.8, 4) is 11.6 Å². The first-order valence-corrected chi connectivity index (χ1v) is 6.98. The van der Waals surface area contributed by atoms with Gasteiger partial charge in [0.1, 0.15) is 17.8 Å². The second-order valence-electron chi connectivity index (χ2n) is 4.92. The molecule has 1 aromatic carbocycles. The molecule has 1 amide bonds. The van der Waals surface area contributed by atoms with E-state index < -0.39 is 0 Å². The summed E-state index contributed by atoms with van der Waals surface area (Å²) >= 11 is 0. The maximum atomic E-state index is 12.1. The minimum absolute atomic E-state index is 0.0751. The fraction of sp³-hybridized carbons (Fsp3) is 0.267. The third-order valence-corrected chi connectivity index (χ3v) is 2.84. The van der Waals surface area contributed by atoms with Gasteiger partial charge < -0.3 is 15.2 Å². The van der Waals surface area contributed by atoms with E-state index in [1.54, 1.807) is 31.4 Å². The van der Waals surface area contributed by atoms with E-state index in [0.29, 0.717) is 11.3 Å². The topological polar surface area (TPSA) is 111 Å². The Bertz CT molecular complexity index is 673. The molecular weight excluding hydrogens is 298 g/mol. The number of ether oxygens (including phenoxy) is 2. The van der Waals surface area contributed by atoms with E-state index in [1.807, 2.05) is 13.8 Å². The van der Waals surface area contributed by atoms with E-state index in [9.17, 15) is 4.79 Å². The summed E-state index contributed by atoms with van der Waals surface area (Å²) in [6.07, 6.45) is 1.23. The summed E-state index contributed by atoms with van der Waals surface area (Å²) in [5.74, 6) is 0.857. The molecule has 8 nitrogen and oxygen atoms in total. The molecule has 0 aliphatic carbocycles. The van der Waals surface area contributed by atoms with Crippen molar-refractivity contribution in [3.63, 3.8) is 0 Å². The van der Waals surface area contributed by atoms with E-state index in [-0.39, 0.29) is 29.4 Å². The van der Waals surface area contributed by atoms with Gasteiger partial charge in [-0.1, -0.05) is 0 Å². The summed E-state index contributed by atoms with van der Waals surface area (Å²) < 4.78 is 10.5. The van der Waals surface area contributed by atoms with Crippen LogP contribution >= 0.6 is 0 Å². The van der Waals surface area contributed by atoms with Crippen LogP contribution in [-0.4, -0.2) is 29.1 Å². The van der Waals surface area contributed by atoms with Gasteiger partial charge in [-0.3, -0.25) is 15.6 Å². The Kier molecular flexibility index (Phi) is 5.19. The highest BCUT2D eigenvalue weighted by molar-refractivity contribution is 5.95. The van der Waals surface area contributed by atoms with E-state index >= 15 is 0 Å². The van der Waals surface area contributed by atoms with E-state index in [1.165, 1.54) is 6.33 Å². The minimum atomic E-state index is -0.336. The van der Waals surface area contributed by atoms with Crippen LogP contribution in [0.3, 0.4) is 0 Å². The summed E-state index contributed by atoms with van der Waals surface area (Å²) in [5.41, 5.74) is 11.8. The van der Waals surface area contributed by atoms with Crippen LogP contribution in [0.1, 0.15) is 24.2 Å². The van der Waals surface area contributed by atoms with E-state index in [0.717, 1.165) is 0 Å². The predicted octanol–water partition coefficient (Wildman–Crippen LogP) is 1.61. The Morgan fingerprint density at radius 2 is 1.91 bits per heavy atom. The number of benzene rings is 1. The fourth-order valence-corrected chi connectivity index (χ4v) is 1.73. The number of hydrazine groups is 1. The zero-order chi connectivity index (χ0) is 16.8. The molecule has 0 aliphatic rings. The van der Waals surface area contributed by atoms with Gasteiger partial charge in [-0.2, -0.15) is 4.98 Å². The lowest BCUT2D eigenvalue weighted by Crippen LogP contribution is -2.30. The first-order valence-electron chi connectivity index (χ1n) is 6.98.